The number of ether oxygens (including phenoxy) is 1. The van der Waals surface area contributed by atoms with Crippen molar-refractivity contribution in [2.75, 3.05) is 26.2 Å². The van der Waals surface area contributed by atoms with Crippen molar-refractivity contribution < 1.29 is 17.9 Å². The first-order valence-electron chi connectivity index (χ1n) is 9.52. The molecule has 164 valence electrons. The molecule has 0 N–H and O–H groups in total. The Morgan fingerprint density at radius 1 is 1.16 bits per heavy atom. The number of amides is 1. The molecule has 0 radical (unpaired) electrons. The van der Waals surface area contributed by atoms with Gasteiger partial charge in [-0.2, -0.15) is 4.31 Å². The molecule has 0 atom stereocenters. The molecule has 3 aromatic rings. The number of thiophene rings is 1. The fourth-order valence-corrected chi connectivity index (χ4v) is 6.92. The summed E-state index contributed by atoms with van der Waals surface area (Å²) in [7, 11) is -3.60. The van der Waals surface area contributed by atoms with Crippen molar-refractivity contribution in [1.29, 1.82) is 0 Å². The molecule has 3 heterocycles. The summed E-state index contributed by atoms with van der Waals surface area (Å²) in [6.45, 7) is 3.27. The first-order chi connectivity index (χ1) is 14.8. The third kappa shape index (κ3) is 4.93. The van der Waals surface area contributed by atoms with Crippen molar-refractivity contribution in [2.24, 2.45) is 0 Å². The van der Waals surface area contributed by atoms with Gasteiger partial charge in [-0.25, -0.2) is 13.4 Å². The Labute approximate surface area is 193 Å². The fourth-order valence-electron chi connectivity index (χ4n) is 3.26. The Bertz CT molecular complexity index is 1180. The molecule has 1 fully saturated rings. The number of rotatable bonds is 6. The normalized spacial score (nSPS) is 15.2. The maximum absolute atomic E-state index is 13.1. The van der Waals surface area contributed by atoms with Gasteiger partial charge in [-0.1, -0.05) is 23.7 Å². The Morgan fingerprint density at radius 3 is 2.55 bits per heavy atom. The van der Waals surface area contributed by atoms with E-state index in [-0.39, 0.29) is 29.8 Å². The smallest absolute Gasteiger partial charge is 0.257 e. The highest BCUT2D eigenvalue weighted by Crippen LogP contribution is 2.29. The molecule has 0 saturated carbocycles. The average Bonchev–Trinajstić information content (AvgIpc) is 3.40. The van der Waals surface area contributed by atoms with Gasteiger partial charge in [0.05, 0.1) is 20.6 Å². The first kappa shape index (κ1) is 22.2. The largest absolute Gasteiger partial charge is 0.486 e. The van der Waals surface area contributed by atoms with Gasteiger partial charge in [-0.15, -0.1) is 22.7 Å². The number of hydrogen-bond acceptors (Lipinski definition) is 7. The molecule has 2 aromatic heterocycles. The van der Waals surface area contributed by atoms with E-state index in [1.165, 1.54) is 10.4 Å². The van der Waals surface area contributed by atoms with Crippen molar-refractivity contribution in [2.45, 2.75) is 17.7 Å². The molecular weight excluding hydrogens is 478 g/mol. The molecular formula is C20H20ClN3O4S3. The van der Waals surface area contributed by atoms with Crippen molar-refractivity contribution in [3.05, 3.63) is 62.4 Å². The van der Waals surface area contributed by atoms with Gasteiger partial charge in [0.1, 0.15) is 16.6 Å². The van der Waals surface area contributed by atoms with Gasteiger partial charge in [0, 0.05) is 31.6 Å². The number of halogens is 1. The van der Waals surface area contributed by atoms with E-state index >= 15 is 0 Å². The van der Waals surface area contributed by atoms with Crippen molar-refractivity contribution in [3.8, 4) is 5.75 Å². The quantitative estimate of drug-likeness (QED) is 0.516. The molecule has 31 heavy (non-hydrogen) atoms. The van der Waals surface area contributed by atoms with Crippen LogP contribution in [0.15, 0.2) is 46.0 Å². The lowest BCUT2D eigenvalue weighted by Crippen LogP contribution is -2.50. The average molecular weight is 498 g/mol. The lowest BCUT2D eigenvalue weighted by Gasteiger charge is -2.34. The predicted molar refractivity (Wildman–Crippen MR) is 122 cm³/mol. The molecule has 11 heteroatoms. The summed E-state index contributed by atoms with van der Waals surface area (Å²) >= 11 is 8.47. The number of hydrogen-bond donors (Lipinski definition) is 0. The van der Waals surface area contributed by atoms with Gasteiger partial charge < -0.3 is 9.64 Å². The maximum Gasteiger partial charge on any atom is 0.257 e. The summed E-state index contributed by atoms with van der Waals surface area (Å²) in [6, 6.07) is 10.2. The fraction of sp³-hybridized carbons (Fsp3) is 0.300. The minimum absolute atomic E-state index is 0.179. The number of benzene rings is 1. The van der Waals surface area contributed by atoms with Crippen LogP contribution in [-0.4, -0.2) is 54.7 Å². The van der Waals surface area contributed by atoms with Gasteiger partial charge in [0.25, 0.3) is 15.9 Å². The molecule has 0 aliphatic carbocycles. The Balaban J connectivity index is 1.42. The van der Waals surface area contributed by atoms with Crippen LogP contribution in [0.2, 0.25) is 4.34 Å². The van der Waals surface area contributed by atoms with Crippen LogP contribution in [0.5, 0.6) is 5.75 Å². The van der Waals surface area contributed by atoms with Gasteiger partial charge in [0.2, 0.25) is 0 Å². The van der Waals surface area contributed by atoms with E-state index in [9.17, 15) is 13.2 Å². The summed E-state index contributed by atoms with van der Waals surface area (Å²) in [5, 5.41) is 2.89. The summed E-state index contributed by atoms with van der Waals surface area (Å²) < 4.78 is 33.4. The number of thiazole rings is 1. The van der Waals surface area contributed by atoms with Gasteiger partial charge >= 0.3 is 0 Å². The van der Waals surface area contributed by atoms with Gasteiger partial charge in [-0.05, 0) is 31.2 Å². The second kappa shape index (κ2) is 9.25. The van der Waals surface area contributed by atoms with Crippen molar-refractivity contribution >= 4 is 50.2 Å². The molecule has 0 spiro atoms. The van der Waals surface area contributed by atoms with E-state index in [1.807, 2.05) is 18.4 Å². The van der Waals surface area contributed by atoms with Crippen LogP contribution in [-0.2, 0) is 16.6 Å². The van der Waals surface area contributed by atoms with Crippen LogP contribution in [0.3, 0.4) is 0 Å². The molecule has 0 unspecified atom stereocenters. The molecule has 1 aromatic carbocycles. The Morgan fingerprint density at radius 2 is 1.90 bits per heavy atom. The zero-order chi connectivity index (χ0) is 22.0. The summed E-state index contributed by atoms with van der Waals surface area (Å²) in [5.74, 6) is 0.308. The molecule has 1 aliphatic heterocycles. The Hall–Kier alpha value is -1.98. The number of piperazine rings is 1. The van der Waals surface area contributed by atoms with Crippen LogP contribution in [0.25, 0.3) is 0 Å². The van der Waals surface area contributed by atoms with Gasteiger partial charge in [-0.3, -0.25) is 4.79 Å². The van der Waals surface area contributed by atoms with Crippen LogP contribution < -0.4 is 4.74 Å². The van der Waals surface area contributed by atoms with E-state index in [0.29, 0.717) is 28.7 Å². The molecule has 1 amide bonds. The number of para-hydroxylation sites is 1. The maximum atomic E-state index is 13.1. The van der Waals surface area contributed by atoms with E-state index < -0.39 is 10.0 Å². The van der Waals surface area contributed by atoms with E-state index in [2.05, 4.69) is 4.98 Å². The minimum atomic E-state index is -3.60. The van der Waals surface area contributed by atoms with Crippen LogP contribution in [0.1, 0.15) is 21.1 Å². The standard InChI is InChI=1S/C20H20ClN3O4S3/c1-14-22-15(13-29-14)12-28-17-5-3-2-4-16(17)20(25)23-8-10-24(11-9-23)31(26,27)19-7-6-18(21)30-19/h2-7,13H,8-12H2,1H3. The number of aryl methyl sites for hydroxylation is 1. The third-order valence-electron chi connectivity index (χ3n) is 4.83. The highest BCUT2D eigenvalue weighted by molar-refractivity contribution is 7.91. The number of carbonyl (C=O) groups is 1. The number of carbonyl (C=O) groups excluding carboxylic acids is 1. The van der Waals surface area contributed by atoms with Gasteiger partial charge in [0.15, 0.2) is 0 Å². The topological polar surface area (TPSA) is 79.8 Å². The predicted octanol–water partition coefficient (Wildman–Crippen LogP) is 3.89. The van der Waals surface area contributed by atoms with E-state index in [4.69, 9.17) is 16.3 Å². The lowest BCUT2D eigenvalue weighted by atomic mass is 10.1. The second-order valence-electron chi connectivity index (χ2n) is 6.90. The summed E-state index contributed by atoms with van der Waals surface area (Å²) in [4.78, 5) is 19.1. The van der Waals surface area contributed by atoms with Crippen molar-refractivity contribution in [1.82, 2.24) is 14.2 Å². The molecule has 0 bridgehead atoms. The minimum Gasteiger partial charge on any atom is -0.486 e. The summed E-state index contributed by atoms with van der Waals surface area (Å²) in [5.41, 5.74) is 1.27. The van der Waals surface area contributed by atoms with Crippen LogP contribution in [0.4, 0.5) is 0 Å². The van der Waals surface area contributed by atoms with E-state index in [0.717, 1.165) is 22.0 Å². The van der Waals surface area contributed by atoms with Crippen LogP contribution in [0, 0.1) is 6.92 Å². The molecule has 4 rings (SSSR count). The Kier molecular flexibility index (Phi) is 6.63. The monoisotopic (exact) mass is 497 g/mol. The lowest BCUT2D eigenvalue weighted by molar-refractivity contribution is 0.0693. The number of sulfonamides is 1. The third-order valence-corrected chi connectivity index (χ3v) is 9.25. The second-order valence-corrected chi connectivity index (χ2v) is 11.8. The molecule has 1 aliphatic rings. The van der Waals surface area contributed by atoms with E-state index in [1.54, 1.807) is 40.5 Å². The molecule has 7 nitrogen and oxygen atoms in total. The SMILES string of the molecule is Cc1nc(COc2ccccc2C(=O)N2CCN(S(=O)(=O)c3ccc(Cl)s3)CC2)cs1. The highest BCUT2D eigenvalue weighted by Gasteiger charge is 2.32. The number of aromatic nitrogens is 1. The zero-order valence-electron chi connectivity index (χ0n) is 16.7. The molecule has 1 saturated heterocycles. The zero-order valence-corrected chi connectivity index (χ0v) is 19.9. The highest BCUT2D eigenvalue weighted by atomic mass is 35.5. The van der Waals surface area contributed by atoms with Crippen molar-refractivity contribution in [3.63, 3.8) is 0 Å². The first-order valence-corrected chi connectivity index (χ1v) is 13.0. The van der Waals surface area contributed by atoms with Crippen LogP contribution >= 0.6 is 34.3 Å². The number of nitrogens with zero attached hydrogens (tertiary/aromatic N) is 3. The summed E-state index contributed by atoms with van der Waals surface area (Å²) in [6.07, 6.45) is 0.